The van der Waals surface area contributed by atoms with Gasteiger partial charge in [-0.1, -0.05) is 13.3 Å². The predicted molar refractivity (Wildman–Crippen MR) is 71.4 cm³/mol. The van der Waals surface area contributed by atoms with Gasteiger partial charge in [-0.15, -0.1) is 0 Å². The topological polar surface area (TPSA) is 71.1 Å². The van der Waals surface area contributed by atoms with E-state index in [1.54, 1.807) is 0 Å². The molecule has 1 aliphatic carbocycles. The van der Waals surface area contributed by atoms with Crippen LogP contribution in [0.2, 0.25) is 0 Å². The molecule has 5 heteroatoms. The van der Waals surface area contributed by atoms with Crippen LogP contribution >= 0.6 is 0 Å². The smallest absolute Gasteiger partial charge is 0.191 e. The number of guanidine groups is 1. The van der Waals surface area contributed by atoms with Crippen LogP contribution < -0.4 is 5.73 Å². The lowest BCUT2D eigenvalue weighted by Gasteiger charge is -2.32. The van der Waals surface area contributed by atoms with Crippen LogP contribution in [0.4, 0.5) is 0 Å². The van der Waals surface area contributed by atoms with E-state index in [9.17, 15) is 5.11 Å². The normalized spacial score (nSPS) is 38.2. The van der Waals surface area contributed by atoms with Crippen LogP contribution in [0.5, 0.6) is 0 Å². The van der Waals surface area contributed by atoms with Gasteiger partial charge in [0, 0.05) is 13.1 Å². The average Bonchev–Trinajstić information content (AvgIpc) is 2.67. The van der Waals surface area contributed by atoms with Crippen molar-refractivity contribution in [1.82, 2.24) is 4.90 Å². The first-order valence-corrected chi connectivity index (χ1v) is 6.90. The van der Waals surface area contributed by atoms with Crippen LogP contribution in [0, 0.1) is 5.92 Å². The molecule has 104 valence electrons. The number of aliphatic hydroxyl groups is 1. The van der Waals surface area contributed by atoms with Crippen LogP contribution in [0.1, 0.15) is 33.1 Å². The van der Waals surface area contributed by atoms with Crippen molar-refractivity contribution in [3.63, 3.8) is 0 Å². The first kappa shape index (κ1) is 13.6. The number of morpholine rings is 1. The second-order valence-corrected chi connectivity index (χ2v) is 5.70. The molecule has 2 aliphatic rings. The van der Waals surface area contributed by atoms with E-state index in [2.05, 4.69) is 11.9 Å². The minimum Gasteiger partial charge on any atom is -0.388 e. The molecular weight excluding hydrogens is 230 g/mol. The molecule has 3 atom stereocenters. The fourth-order valence-corrected chi connectivity index (χ4v) is 2.81. The molecule has 18 heavy (non-hydrogen) atoms. The van der Waals surface area contributed by atoms with Crippen LogP contribution in [-0.4, -0.2) is 53.9 Å². The first-order valence-electron chi connectivity index (χ1n) is 6.90. The second kappa shape index (κ2) is 5.45. The van der Waals surface area contributed by atoms with Crippen molar-refractivity contribution >= 4 is 5.96 Å². The lowest BCUT2D eigenvalue weighted by atomic mass is 9.93. The van der Waals surface area contributed by atoms with Crippen molar-refractivity contribution in [1.29, 1.82) is 0 Å². The average molecular weight is 255 g/mol. The lowest BCUT2D eigenvalue weighted by molar-refractivity contribution is 0.00388. The van der Waals surface area contributed by atoms with Gasteiger partial charge in [0.25, 0.3) is 0 Å². The van der Waals surface area contributed by atoms with Crippen molar-refractivity contribution in [2.45, 2.75) is 44.8 Å². The zero-order chi connectivity index (χ0) is 13.2. The summed E-state index contributed by atoms with van der Waals surface area (Å²) in [5.74, 6) is 0.857. The van der Waals surface area contributed by atoms with Gasteiger partial charge in [-0.25, -0.2) is 0 Å². The molecule has 2 rings (SSSR count). The molecular formula is C13H25N3O2. The Morgan fingerprint density at radius 1 is 1.56 bits per heavy atom. The third kappa shape index (κ3) is 2.95. The van der Waals surface area contributed by atoms with E-state index in [1.807, 2.05) is 11.8 Å². The number of hydrogen-bond donors (Lipinski definition) is 2. The minimum atomic E-state index is -0.650. The van der Waals surface area contributed by atoms with Gasteiger partial charge in [-0.05, 0) is 25.7 Å². The maximum Gasteiger partial charge on any atom is 0.191 e. The summed E-state index contributed by atoms with van der Waals surface area (Å²) in [7, 11) is 0. The van der Waals surface area contributed by atoms with Crippen molar-refractivity contribution in [3.8, 4) is 0 Å². The summed E-state index contributed by atoms with van der Waals surface area (Å²) in [6.45, 7) is 6.81. The predicted octanol–water partition coefficient (Wildman–Crippen LogP) is 0.573. The van der Waals surface area contributed by atoms with Crippen molar-refractivity contribution in [3.05, 3.63) is 0 Å². The van der Waals surface area contributed by atoms with Crippen LogP contribution in [0.25, 0.3) is 0 Å². The highest BCUT2D eigenvalue weighted by atomic mass is 16.5. The molecule has 5 nitrogen and oxygen atoms in total. The monoisotopic (exact) mass is 255 g/mol. The minimum absolute atomic E-state index is 0.195. The Kier molecular flexibility index (Phi) is 4.12. The number of aliphatic imine (C=N–C) groups is 1. The van der Waals surface area contributed by atoms with E-state index in [-0.39, 0.29) is 6.10 Å². The van der Waals surface area contributed by atoms with Gasteiger partial charge in [-0.3, -0.25) is 4.99 Å². The maximum absolute atomic E-state index is 10.5. The molecule has 0 spiro atoms. The highest BCUT2D eigenvalue weighted by molar-refractivity contribution is 5.78. The standard InChI is InChI=1S/C13H25N3O2/c1-10-4-3-5-13(10,17)9-15-12(14)16-6-7-18-11(2)8-16/h10-11,17H,3-9H2,1-2H3,(H2,14,15). The third-order valence-corrected chi connectivity index (χ3v) is 4.24. The third-order valence-electron chi connectivity index (χ3n) is 4.24. The first-order chi connectivity index (χ1) is 8.51. The lowest BCUT2D eigenvalue weighted by Crippen LogP contribution is -2.48. The molecule has 0 aromatic rings. The summed E-state index contributed by atoms with van der Waals surface area (Å²) in [5.41, 5.74) is 5.35. The molecule has 2 fully saturated rings. The van der Waals surface area contributed by atoms with E-state index < -0.39 is 5.60 Å². The van der Waals surface area contributed by atoms with Crippen molar-refractivity contribution in [2.24, 2.45) is 16.6 Å². The summed E-state index contributed by atoms with van der Waals surface area (Å²) in [6, 6.07) is 0. The molecule has 0 radical (unpaired) electrons. The number of rotatable bonds is 2. The number of nitrogens with zero attached hydrogens (tertiary/aromatic N) is 2. The molecule has 0 aromatic carbocycles. The van der Waals surface area contributed by atoms with Crippen LogP contribution in [0.15, 0.2) is 4.99 Å². The summed E-state index contributed by atoms with van der Waals surface area (Å²) in [5, 5.41) is 10.5. The molecule has 3 unspecified atom stereocenters. The molecule has 0 bridgehead atoms. The van der Waals surface area contributed by atoms with Gasteiger partial charge in [0.2, 0.25) is 0 Å². The van der Waals surface area contributed by atoms with Gasteiger partial charge >= 0.3 is 0 Å². The molecule has 0 aromatic heterocycles. The zero-order valence-corrected chi connectivity index (χ0v) is 11.4. The summed E-state index contributed by atoms with van der Waals surface area (Å²) < 4.78 is 5.47. The molecule has 3 N–H and O–H groups in total. The van der Waals surface area contributed by atoms with Gasteiger partial charge in [0.15, 0.2) is 5.96 Å². The van der Waals surface area contributed by atoms with Crippen molar-refractivity contribution < 1.29 is 9.84 Å². The number of hydrogen-bond acceptors (Lipinski definition) is 3. The van der Waals surface area contributed by atoms with E-state index in [4.69, 9.17) is 10.5 Å². The Labute approximate surface area is 109 Å². The fourth-order valence-electron chi connectivity index (χ4n) is 2.81. The Hall–Kier alpha value is -0.810. The van der Waals surface area contributed by atoms with E-state index in [0.717, 1.165) is 32.4 Å². The summed E-state index contributed by atoms with van der Waals surface area (Å²) >= 11 is 0. The summed E-state index contributed by atoms with van der Waals surface area (Å²) in [6.07, 6.45) is 3.20. The van der Waals surface area contributed by atoms with E-state index >= 15 is 0 Å². The largest absolute Gasteiger partial charge is 0.388 e. The Morgan fingerprint density at radius 2 is 2.33 bits per heavy atom. The zero-order valence-electron chi connectivity index (χ0n) is 11.4. The van der Waals surface area contributed by atoms with Gasteiger partial charge in [-0.2, -0.15) is 0 Å². The fraction of sp³-hybridized carbons (Fsp3) is 0.923. The van der Waals surface area contributed by atoms with E-state index in [0.29, 0.717) is 25.0 Å². The highest BCUT2D eigenvalue weighted by Gasteiger charge is 2.38. The number of ether oxygens (including phenoxy) is 1. The molecule has 1 aliphatic heterocycles. The van der Waals surface area contributed by atoms with Crippen LogP contribution in [0.3, 0.4) is 0 Å². The quantitative estimate of drug-likeness (QED) is 0.559. The Morgan fingerprint density at radius 3 is 2.94 bits per heavy atom. The van der Waals surface area contributed by atoms with Gasteiger partial charge in [0.05, 0.1) is 24.9 Å². The summed E-state index contributed by atoms with van der Waals surface area (Å²) in [4.78, 5) is 6.44. The van der Waals surface area contributed by atoms with E-state index in [1.165, 1.54) is 0 Å². The maximum atomic E-state index is 10.5. The molecule has 0 amide bonds. The Balaban J connectivity index is 1.92. The van der Waals surface area contributed by atoms with Gasteiger partial charge in [0.1, 0.15) is 0 Å². The number of nitrogens with two attached hydrogens (primary N) is 1. The second-order valence-electron chi connectivity index (χ2n) is 5.70. The van der Waals surface area contributed by atoms with Crippen molar-refractivity contribution in [2.75, 3.05) is 26.2 Å². The van der Waals surface area contributed by atoms with Crippen LogP contribution in [-0.2, 0) is 4.74 Å². The molecule has 1 heterocycles. The molecule has 1 saturated heterocycles. The Bertz CT molecular complexity index is 321. The van der Waals surface area contributed by atoms with Gasteiger partial charge < -0.3 is 20.5 Å². The SMILES string of the molecule is CC1CN(C(N)=NCC2(O)CCCC2C)CCO1. The molecule has 1 saturated carbocycles. The highest BCUT2D eigenvalue weighted by Crippen LogP contribution is 2.35.